The van der Waals surface area contributed by atoms with E-state index in [9.17, 15) is 0 Å². The van der Waals surface area contributed by atoms with Gasteiger partial charge in [-0.1, -0.05) is 61.5 Å². The first-order chi connectivity index (χ1) is 8.79. The lowest BCUT2D eigenvalue weighted by Crippen LogP contribution is -2.15. The minimum atomic E-state index is 0.303. The quantitative estimate of drug-likeness (QED) is 0.801. The molecule has 2 atom stereocenters. The molecule has 2 unspecified atom stereocenters. The molecule has 0 heterocycles. The minimum absolute atomic E-state index is 0.303. The molecule has 0 spiro atoms. The van der Waals surface area contributed by atoms with Crippen molar-refractivity contribution in [1.82, 2.24) is 5.32 Å². The molecule has 2 rings (SSSR count). The molecule has 1 N–H and O–H groups in total. The Hall–Kier alpha value is -1.17. The molecule has 18 heavy (non-hydrogen) atoms. The largest absolute Gasteiger partial charge is 0.303 e. The predicted octanol–water partition coefficient (Wildman–Crippen LogP) is 3.91. The zero-order valence-electron chi connectivity index (χ0n) is 10.8. The SMILES string of the molecule is CCc1cccc(C(P)NCc2ccccc2)c1. The van der Waals surface area contributed by atoms with Crippen LogP contribution < -0.4 is 5.32 Å². The highest BCUT2D eigenvalue weighted by molar-refractivity contribution is 7.17. The second-order valence-corrected chi connectivity index (χ2v) is 5.11. The maximum Gasteiger partial charge on any atom is 0.0466 e. The van der Waals surface area contributed by atoms with Gasteiger partial charge in [-0.3, -0.25) is 0 Å². The Labute approximate surface area is 112 Å². The van der Waals surface area contributed by atoms with Crippen molar-refractivity contribution in [2.45, 2.75) is 25.7 Å². The molecule has 0 aliphatic heterocycles. The predicted molar refractivity (Wildman–Crippen MR) is 81.6 cm³/mol. The number of aryl methyl sites for hydroxylation is 1. The Kier molecular flexibility index (Phi) is 4.92. The fraction of sp³-hybridized carbons (Fsp3) is 0.250. The van der Waals surface area contributed by atoms with Gasteiger partial charge in [-0.15, -0.1) is 9.24 Å². The highest BCUT2D eigenvalue weighted by Crippen LogP contribution is 2.21. The fourth-order valence-electron chi connectivity index (χ4n) is 1.95. The standard InChI is InChI=1S/C16H20NP/c1-2-13-9-6-10-15(11-13)16(18)17-12-14-7-4-3-5-8-14/h3-11,16-17H,2,12,18H2,1H3. The second kappa shape index (κ2) is 6.68. The molecule has 2 aromatic rings. The summed E-state index contributed by atoms with van der Waals surface area (Å²) in [5.74, 6) is 0.303. The normalized spacial score (nSPS) is 12.3. The van der Waals surface area contributed by atoms with Gasteiger partial charge in [-0.2, -0.15) is 0 Å². The van der Waals surface area contributed by atoms with Crippen LogP contribution in [0.4, 0.5) is 0 Å². The summed E-state index contributed by atoms with van der Waals surface area (Å²) in [5, 5.41) is 3.53. The van der Waals surface area contributed by atoms with Crippen molar-refractivity contribution in [1.29, 1.82) is 0 Å². The van der Waals surface area contributed by atoms with Gasteiger partial charge in [0, 0.05) is 12.3 Å². The lowest BCUT2D eigenvalue weighted by atomic mass is 10.1. The molecule has 94 valence electrons. The van der Waals surface area contributed by atoms with Crippen molar-refractivity contribution in [3.05, 3.63) is 71.3 Å². The summed E-state index contributed by atoms with van der Waals surface area (Å²) in [6.45, 7) is 3.08. The van der Waals surface area contributed by atoms with Crippen LogP contribution in [-0.2, 0) is 13.0 Å². The average molecular weight is 257 g/mol. The second-order valence-electron chi connectivity index (χ2n) is 4.44. The first-order valence-electron chi connectivity index (χ1n) is 6.41. The van der Waals surface area contributed by atoms with Crippen molar-refractivity contribution in [2.24, 2.45) is 0 Å². The van der Waals surface area contributed by atoms with E-state index in [1.807, 2.05) is 6.07 Å². The van der Waals surface area contributed by atoms with Gasteiger partial charge in [-0.25, -0.2) is 0 Å². The Morgan fingerprint density at radius 1 is 1.00 bits per heavy atom. The lowest BCUT2D eigenvalue weighted by molar-refractivity contribution is 0.677. The van der Waals surface area contributed by atoms with Crippen molar-refractivity contribution in [3.63, 3.8) is 0 Å². The van der Waals surface area contributed by atoms with Gasteiger partial charge < -0.3 is 5.32 Å². The molecule has 1 nitrogen and oxygen atoms in total. The molecule has 0 aliphatic rings. The molecule has 2 heteroatoms. The Morgan fingerprint density at radius 3 is 2.44 bits per heavy atom. The van der Waals surface area contributed by atoms with Gasteiger partial charge in [0.15, 0.2) is 0 Å². The van der Waals surface area contributed by atoms with E-state index >= 15 is 0 Å². The number of benzene rings is 2. The molecule has 0 bridgehead atoms. The van der Waals surface area contributed by atoms with Crippen LogP contribution in [0.5, 0.6) is 0 Å². The molecule has 0 saturated carbocycles. The van der Waals surface area contributed by atoms with Crippen LogP contribution in [0.3, 0.4) is 0 Å². The van der Waals surface area contributed by atoms with Gasteiger partial charge in [0.2, 0.25) is 0 Å². The zero-order chi connectivity index (χ0) is 12.8. The average Bonchev–Trinajstić information content (AvgIpc) is 2.46. The van der Waals surface area contributed by atoms with Crippen molar-refractivity contribution >= 4 is 9.24 Å². The molecule has 0 fully saturated rings. The van der Waals surface area contributed by atoms with E-state index in [1.54, 1.807) is 0 Å². The summed E-state index contributed by atoms with van der Waals surface area (Å²) in [5.41, 5.74) is 4.04. The van der Waals surface area contributed by atoms with Gasteiger partial charge >= 0.3 is 0 Å². The van der Waals surface area contributed by atoms with Gasteiger partial charge in [0.1, 0.15) is 0 Å². The summed E-state index contributed by atoms with van der Waals surface area (Å²) in [6.07, 6.45) is 1.09. The first kappa shape index (κ1) is 13.3. The Bertz CT molecular complexity index is 481. The lowest BCUT2D eigenvalue weighted by Gasteiger charge is -2.15. The smallest absolute Gasteiger partial charge is 0.0466 e. The molecular formula is C16H20NP. The van der Waals surface area contributed by atoms with Gasteiger partial charge in [-0.05, 0) is 23.1 Å². The highest BCUT2D eigenvalue weighted by atomic mass is 31.0. The van der Waals surface area contributed by atoms with Crippen LogP contribution in [0.1, 0.15) is 29.4 Å². The number of nitrogens with one attached hydrogen (secondary N) is 1. The molecular weight excluding hydrogens is 237 g/mol. The summed E-state index contributed by atoms with van der Waals surface area (Å²) >= 11 is 0. The van der Waals surface area contributed by atoms with Crippen LogP contribution in [0.2, 0.25) is 0 Å². The molecule has 0 amide bonds. The van der Waals surface area contributed by atoms with Crippen LogP contribution in [0.15, 0.2) is 54.6 Å². The highest BCUT2D eigenvalue weighted by Gasteiger charge is 2.05. The number of rotatable bonds is 5. The van der Waals surface area contributed by atoms with Crippen molar-refractivity contribution < 1.29 is 0 Å². The van der Waals surface area contributed by atoms with Gasteiger partial charge in [0.05, 0.1) is 0 Å². The van der Waals surface area contributed by atoms with Crippen molar-refractivity contribution in [2.75, 3.05) is 0 Å². The maximum absolute atomic E-state index is 3.53. The summed E-state index contributed by atoms with van der Waals surface area (Å²) in [6, 6.07) is 19.3. The molecule has 0 saturated heterocycles. The molecule has 0 radical (unpaired) electrons. The summed E-state index contributed by atoms with van der Waals surface area (Å²) in [7, 11) is 2.88. The van der Waals surface area contributed by atoms with E-state index in [1.165, 1.54) is 16.7 Å². The Balaban J connectivity index is 1.97. The third kappa shape index (κ3) is 3.66. The summed E-state index contributed by atoms with van der Waals surface area (Å²) < 4.78 is 0. The molecule has 2 aromatic carbocycles. The molecule has 0 aliphatic carbocycles. The van der Waals surface area contributed by atoms with E-state index in [4.69, 9.17) is 0 Å². The van der Waals surface area contributed by atoms with Crippen LogP contribution >= 0.6 is 9.24 Å². The van der Waals surface area contributed by atoms with E-state index in [2.05, 4.69) is 70.0 Å². The minimum Gasteiger partial charge on any atom is -0.303 e. The van der Waals surface area contributed by atoms with E-state index < -0.39 is 0 Å². The number of hydrogen-bond acceptors (Lipinski definition) is 1. The van der Waals surface area contributed by atoms with Crippen molar-refractivity contribution in [3.8, 4) is 0 Å². The molecule has 0 aromatic heterocycles. The maximum atomic E-state index is 3.53. The zero-order valence-corrected chi connectivity index (χ0v) is 11.9. The fourth-order valence-corrected chi connectivity index (χ4v) is 2.27. The summed E-state index contributed by atoms with van der Waals surface area (Å²) in [4.78, 5) is 0. The van der Waals surface area contributed by atoms with E-state index in [0.29, 0.717) is 5.78 Å². The Morgan fingerprint density at radius 2 is 1.72 bits per heavy atom. The van der Waals surface area contributed by atoms with Gasteiger partial charge in [0.25, 0.3) is 0 Å². The van der Waals surface area contributed by atoms with E-state index in [0.717, 1.165) is 13.0 Å². The third-order valence-electron chi connectivity index (χ3n) is 3.09. The topological polar surface area (TPSA) is 12.0 Å². The third-order valence-corrected chi connectivity index (χ3v) is 3.71. The first-order valence-corrected chi connectivity index (χ1v) is 7.08. The van der Waals surface area contributed by atoms with E-state index in [-0.39, 0.29) is 0 Å². The monoisotopic (exact) mass is 257 g/mol. The van der Waals surface area contributed by atoms with Crippen LogP contribution in [0, 0.1) is 0 Å². The van der Waals surface area contributed by atoms with Crippen LogP contribution in [-0.4, -0.2) is 0 Å². The van der Waals surface area contributed by atoms with Crippen LogP contribution in [0.25, 0.3) is 0 Å². The number of hydrogen-bond donors (Lipinski definition) is 1.